The van der Waals surface area contributed by atoms with Crippen molar-refractivity contribution < 1.29 is 18.4 Å². The van der Waals surface area contributed by atoms with Crippen molar-refractivity contribution in [2.75, 3.05) is 38.0 Å². The number of nitrogens with one attached hydrogen (secondary N) is 1. The highest BCUT2D eigenvalue weighted by Crippen LogP contribution is 2.25. The zero-order chi connectivity index (χ0) is 21.8. The molecule has 0 bridgehead atoms. The molecule has 4 rings (SSSR count). The van der Waals surface area contributed by atoms with Crippen LogP contribution in [0.25, 0.3) is 11.3 Å². The molecule has 2 aromatic carbocycles. The van der Waals surface area contributed by atoms with Gasteiger partial charge >= 0.3 is 0 Å². The summed E-state index contributed by atoms with van der Waals surface area (Å²) < 4.78 is 26.9. The summed E-state index contributed by atoms with van der Waals surface area (Å²) in [6, 6.07) is 11.9. The highest BCUT2D eigenvalue weighted by Gasteiger charge is 2.25. The fourth-order valence-corrected chi connectivity index (χ4v) is 4.10. The number of thiazole rings is 1. The molecule has 2 amide bonds. The molecule has 1 saturated heterocycles. The molecular formula is C22H20F2N4O2S. The van der Waals surface area contributed by atoms with E-state index in [-0.39, 0.29) is 29.7 Å². The molecule has 1 N–H and O–H groups in total. The maximum absolute atomic E-state index is 13.8. The normalized spacial score (nSPS) is 14.5. The lowest BCUT2D eigenvalue weighted by molar-refractivity contribution is -0.117. The SMILES string of the molecule is O=C(CN1CCN(C(=O)c2ccccc2F)CC1)Nc1nc(-c2ccc(F)cc2)cs1. The lowest BCUT2D eigenvalue weighted by atomic mass is 10.1. The first kappa shape index (κ1) is 21.1. The number of rotatable bonds is 5. The van der Waals surface area contributed by atoms with E-state index in [4.69, 9.17) is 0 Å². The minimum atomic E-state index is -0.530. The Labute approximate surface area is 182 Å². The molecule has 0 saturated carbocycles. The molecule has 1 aliphatic heterocycles. The minimum absolute atomic E-state index is 0.0643. The van der Waals surface area contributed by atoms with Crippen molar-refractivity contribution in [2.45, 2.75) is 0 Å². The molecule has 0 aliphatic carbocycles. The van der Waals surface area contributed by atoms with Crippen molar-refractivity contribution in [1.29, 1.82) is 0 Å². The lowest BCUT2D eigenvalue weighted by Crippen LogP contribution is -2.50. The first-order valence-electron chi connectivity index (χ1n) is 9.77. The molecule has 1 aromatic heterocycles. The number of hydrogen-bond donors (Lipinski definition) is 1. The van der Waals surface area contributed by atoms with E-state index in [0.717, 1.165) is 5.56 Å². The second kappa shape index (κ2) is 9.32. The number of aromatic nitrogens is 1. The number of amides is 2. The average molecular weight is 442 g/mol. The van der Waals surface area contributed by atoms with Gasteiger partial charge < -0.3 is 10.2 Å². The van der Waals surface area contributed by atoms with Gasteiger partial charge in [-0.25, -0.2) is 13.8 Å². The van der Waals surface area contributed by atoms with Crippen molar-refractivity contribution in [3.8, 4) is 11.3 Å². The van der Waals surface area contributed by atoms with Gasteiger partial charge in [-0.3, -0.25) is 14.5 Å². The zero-order valence-corrected chi connectivity index (χ0v) is 17.4. The molecule has 31 heavy (non-hydrogen) atoms. The van der Waals surface area contributed by atoms with Crippen LogP contribution in [0.1, 0.15) is 10.4 Å². The number of anilines is 1. The molecule has 0 radical (unpaired) electrons. The van der Waals surface area contributed by atoms with Crippen LogP contribution in [0.5, 0.6) is 0 Å². The van der Waals surface area contributed by atoms with Crippen LogP contribution in [-0.4, -0.2) is 59.3 Å². The number of piperazine rings is 1. The van der Waals surface area contributed by atoms with Gasteiger partial charge in [0.2, 0.25) is 5.91 Å². The monoisotopic (exact) mass is 442 g/mol. The highest BCUT2D eigenvalue weighted by atomic mass is 32.1. The van der Waals surface area contributed by atoms with Crippen LogP contribution in [0.2, 0.25) is 0 Å². The summed E-state index contributed by atoms with van der Waals surface area (Å²) in [5.74, 6) is -1.38. The molecule has 160 valence electrons. The van der Waals surface area contributed by atoms with Crippen LogP contribution in [0.3, 0.4) is 0 Å². The predicted molar refractivity (Wildman–Crippen MR) is 115 cm³/mol. The van der Waals surface area contributed by atoms with Crippen LogP contribution in [-0.2, 0) is 4.79 Å². The highest BCUT2D eigenvalue weighted by molar-refractivity contribution is 7.14. The van der Waals surface area contributed by atoms with Gasteiger partial charge in [-0.1, -0.05) is 12.1 Å². The Hall–Kier alpha value is -3.17. The number of benzene rings is 2. The molecule has 9 heteroatoms. The number of halogens is 2. The molecule has 2 heterocycles. The second-order valence-electron chi connectivity index (χ2n) is 7.14. The van der Waals surface area contributed by atoms with E-state index < -0.39 is 5.82 Å². The van der Waals surface area contributed by atoms with Crippen molar-refractivity contribution in [3.63, 3.8) is 0 Å². The Morgan fingerprint density at radius 3 is 2.42 bits per heavy atom. The Bertz CT molecular complexity index is 1080. The van der Waals surface area contributed by atoms with Gasteiger partial charge in [0, 0.05) is 37.1 Å². The Morgan fingerprint density at radius 2 is 1.71 bits per heavy atom. The van der Waals surface area contributed by atoms with Gasteiger partial charge in [0.25, 0.3) is 5.91 Å². The standard InChI is InChI=1S/C22H20F2N4O2S/c23-16-7-5-15(6-8-16)19-14-31-22(25-19)26-20(29)13-27-9-11-28(12-10-27)21(30)17-3-1-2-4-18(17)24/h1-8,14H,9-13H2,(H,25,26,29). The third kappa shape index (κ3) is 5.12. The maximum Gasteiger partial charge on any atom is 0.256 e. The van der Waals surface area contributed by atoms with E-state index in [9.17, 15) is 18.4 Å². The number of carbonyl (C=O) groups excluding carboxylic acids is 2. The molecule has 0 spiro atoms. The summed E-state index contributed by atoms with van der Waals surface area (Å²) in [5, 5.41) is 5.05. The fraction of sp³-hybridized carbons (Fsp3) is 0.227. The Kier molecular flexibility index (Phi) is 6.34. The predicted octanol–water partition coefficient (Wildman–Crippen LogP) is 3.48. The van der Waals surface area contributed by atoms with Crippen molar-refractivity contribution in [1.82, 2.24) is 14.8 Å². The summed E-state index contributed by atoms with van der Waals surface area (Å²) in [7, 11) is 0. The van der Waals surface area contributed by atoms with E-state index in [1.165, 1.54) is 35.6 Å². The molecule has 0 atom stereocenters. The molecule has 1 fully saturated rings. The summed E-state index contributed by atoms with van der Waals surface area (Å²) >= 11 is 1.30. The van der Waals surface area contributed by atoms with E-state index in [1.54, 1.807) is 34.5 Å². The molecule has 6 nitrogen and oxygen atoms in total. The fourth-order valence-electron chi connectivity index (χ4n) is 3.36. The molecule has 1 aliphatic rings. The summed E-state index contributed by atoms with van der Waals surface area (Å²) in [6.45, 7) is 2.06. The van der Waals surface area contributed by atoms with Crippen LogP contribution in [0, 0.1) is 11.6 Å². The summed E-state index contributed by atoms with van der Waals surface area (Å²) in [5.41, 5.74) is 1.50. The third-order valence-corrected chi connectivity index (χ3v) is 5.78. The van der Waals surface area contributed by atoms with Crippen LogP contribution in [0.4, 0.5) is 13.9 Å². The van der Waals surface area contributed by atoms with E-state index in [0.29, 0.717) is 37.0 Å². The topological polar surface area (TPSA) is 65.5 Å². The quantitative estimate of drug-likeness (QED) is 0.657. The Balaban J connectivity index is 1.27. The van der Waals surface area contributed by atoms with Gasteiger partial charge in [-0.05, 0) is 36.4 Å². The van der Waals surface area contributed by atoms with Gasteiger partial charge in [-0.2, -0.15) is 0 Å². The van der Waals surface area contributed by atoms with Crippen molar-refractivity contribution >= 4 is 28.3 Å². The largest absolute Gasteiger partial charge is 0.336 e. The first-order valence-corrected chi connectivity index (χ1v) is 10.6. The number of hydrogen-bond acceptors (Lipinski definition) is 5. The van der Waals surface area contributed by atoms with Gasteiger partial charge in [-0.15, -0.1) is 11.3 Å². The third-order valence-electron chi connectivity index (χ3n) is 5.02. The van der Waals surface area contributed by atoms with Crippen molar-refractivity contribution in [2.24, 2.45) is 0 Å². The van der Waals surface area contributed by atoms with E-state index in [2.05, 4.69) is 10.3 Å². The lowest BCUT2D eigenvalue weighted by Gasteiger charge is -2.34. The zero-order valence-electron chi connectivity index (χ0n) is 16.6. The minimum Gasteiger partial charge on any atom is -0.336 e. The van der Waals surface area contributed by atoms with Gasteiger partial charge in [0.1, 0.15) is 11.6 Å². The average Bonchev–Trinajstić information content (AvgIpc) is 3.23. The second-order valence-corrected chi connectivity index (χ2v) is 8.00. The smallest absolute Gasteiger partial charge is 0.256 e. The molecular weight excluding hydrogens is 422 g/mol. The van der Waals surface area contributed by atoms with Crippen LogP contribution >= 0.6 is 11.3 Å². The molecule has 3 aromatic rings. The van der Waals surface area contributed by atoms with Crippen LogP contribution < -0.4 is 5.32 Å². The van der Waals surface area contributed by atoms with Gasteiger partial charge in [0.15, 0.2) is 5.13 Å². The first-order chi connectivity index (χ1) is 15.0. The maximum atomic E-state index is 13.8. The van der Waals surface area contributed by atoms with E-state index in [1.807, 2.05) is 4.90 Å². The van der Waals surface area contributed by atoms with Crippen molar-refractivity contribution in [3.05, 3.63) is 71.1 Å². The Morgan fingerprint density at radius 1 is 1.00 bits per heavy atom. The number of nitrogens with zero attached hydrogens (tertiary/aromatic N) is 3. The number of carbonyl (C=O) groups is 2. The summed E-state index contributed by atoms with van der Waals surface area (Å²) in [4.78, 5) is 32.8. The van der Waals surface area contributed by atoms with Gasteiger partial charge in [0.05, 0.1) is 17.8 Å². The van der Waals surface area contributed by atoms with Crippen LogP contribution in [0.15, 0.2) is 53.9 Å². The molecule has 0 unspecified atom stereocenters. The summed E-state index contributed by atoms with van der Waals surface area (Å²) in [6.07, 6.45) is 0. The van der Waals surface area contributed by atoms with E-state index >= 15 is 0 Å².